The number of carbonyl (C=O) groups is 1. The van der Waals surface area contributed by atoms with Crippen LogP contribution in [0.4, 0.5) is 0 Å². The number of hydrogen-bond donors (Lipinski definition) is 1. The van der Waals surface area contributed by atoms with E-state index in [9.17, 15) is 9.59 Å². The van der Waals surface area contributed by atoms with Gasteiger partial charge in [-0.25, -0.2) is 9.97 Å². The first-order valence-corrected chi connectivity index (χ1v) is 10.2. The maximum absolute atomic E-state index is 13.0. The number of hydrogen-bond acceptors (Lipinski definition) is 6. The van der Waals surface area contributed by atoms with E-state index in [0.29, 0.717) is 30.1 Å². The highest BCUT2D eigenvalue weighted by molar-refractivity contribution is 7.18. The molecule has 3 aromatic heterocycles. The van der Waals surface area contributed by atoms with Gasteiger partial charge in [-0.1, -0.05) is 12.1 Å². The first kappa shape index (κ1) is 19.8. The van der Waals surface area contributed by atoms with Crippen LogP contribution in [0.25, 0.3) is 15.9 Å². The average molecular weight is 420 g/mol. The topological polar surface area (TPSA) is 86.1 Å². The number of para-hydroxylation sites is 1. The fraction of sp³-hybridized carbons (Fsp3) is 0.182. The van der Waals surface area contributed by atoms with E-state index >= 15 is 0 Å². The molecule has 0 aliphatic rings. The molecule has 152 valence electrons. The summed E-state index contributed by atoms with van der Waals surface area (Å²) in [5, 5.41) is 3.80. The summed E-state index contributed by atoms with van der Waals surface area (Å²) in [4.78, 5) is 34.4. The van der Waals surface area contributed by atoms with E-state index in [-0.39, 0.29) is 11.1 Å². The van der Waals surface area contributed by atoms with E-state index in [4.69, 9.17) is 4.74 Å². The number of fused-ring (bicyclic) bond motifs is 1. The molecule has 0 fully saturated rings. The third-order valence-electron chi connectivity index (χ3n) is 4.70. The summed E-state index contributed by atoms with van der Waals surface area (Å²) in [6.45, 7) is 2.15. The van der Waals surface area contributed by atoms with Gasteiger partial charge in [0, 0.05) is 25.2 Å². The minimum absolute atomic E-state index is 0.123. The molecular formula is C22H20N4O3S. The third-order valence-corrected chi connectivity index (χ3v) is 5.79. The zero-order chi connectivity index (χ0) is 21.1. The molecule has 4 aromatic rings. The van der Waals surface area contributed by atoms with Crippen molar-refractivity contribution in [3.8, 4) is 11.6 Å². The molecule has 0 atom stereocenters. The predicted molar refractivity (Wildman–Crippen MR) is 117 cm³/mol. The molecule has 0 radical (unpaired) electrons. The number of nitrogens with one attached hydrogen (secondary N) is 1. The first-order chi connectivity index (χ1) is 14.6. The van der Waals surface area contributed by atoms with Gasteiger partial charge in [0.15, 0.2) is 0 Å². The molecule has 4 rings (SSSR count). The first-order valence-electron chi connectivity index (χ1n) is 9.42. The molecule has 1 N–H and O–H groups in total. The molecule has 0 spiro atoms. The fourth-order valence-corrected chi connectivity index (χ4v) is 4.11. The largest absolute Gasteiger partial charge is 0.481 e. The van der Waals surface area contributed by atoms with Crippen LogP contribution in [0, 0.1) is 6.92 Å². The van der Waals surface area contributed by atoms with Crippen molar-refractivity contribution in [3.05, 3.63) is 81.3 Å². The number of aryl methyl sites for hydroxylation is 1. The lowest BCUT2D eigenvalue weighted by Crippen LogP contribution is -2.34. The standard InChI is InChI=1S/C22H20N4O3S/c1-14-10-12-26(15-7-8-18(29-2)24-13-15)22(28)20(14)21(27)23-11-9-19-25-16-5-3-4-6-17(16)30-19/h3-8,10,12-13H,9,11H2,1-2H3,(H,23,27). The van der Waals surface area contributed by atoms with Crippen molar-refractivity contribution >= 4 is 27.5 Å². The molecule has 7 nitrogen and oxygen atoms in total. The second-order valence-corrected chi connectivity index (χ2v) is 7.80. The van der Waals surface area contributed by atoms with Crippen LogP contribution in [0.3, 0.4) is 0 Å². The maximum atomic E-state index is 13.0. The Kier molecular flexibility index (Phi) is 5.58. The Hall–Kier alpha value is -3.52. The molecule has 0 saturated carbocycles. The van der Waals surface area contributed by atoms with Crippen LogP contribution in [0.5, 0.6) is 5.88 Å². The quantitative estimate of drug-likeness (QED) is 0.518. The van der Waals surface area contributed by atoms with Gasteiger partial charge in [-0.3, -0.25) is 14.2 Å². The average Bonchev–Trinajstić information content (AvgIpc) is 3.17. The number of pyridine rings is 2. The molecular weight excluding hydrogens is 400 g/mol. The van der Waals surface area contributed by atoms with Gasteiger partial charge >= 0.3 is 0 Å². The van der Waals surface area contributed by atoms with Gasteiger partial charge in [0.1, 0.15) is 5.56 Å². The van der Waals surface area contributed by atoms with E-state index in [1.165, 1.54) is 17.9 Å². The van der Waals surface area contributed by atoms with Crippen molar-refractivity contribution in [1.29, 1.82) is 0 Å². The summed E-state index contributed by atoms with van der Waals surface area (Å²) < 4.78 is 7.57. The number of methoxy groups -OCH3 is 1. The van der Waals surface area contributed by atoms with E-state index in [1.54, 1.807) is 42.7 Å². The lowest BCUT2D eigenvalue weighted by molar-refractivity contribution is 0.0951. The lowest BCUT2D eigenvalue weighted by atomic mass is 10.1. The Bertz CT molecular complexity index is 1230. The van der Waals surface area contributed by atoms with Crippen LogP contribution in [-0.4, -0.2) is 34.1 Å². The molecule has 1 aromatic carbocycles. The van der Waals surface area contributed by atoms with Gasteiger partial charge in [0.2, 0.25) is 5.88 Å². The Morgan fingerprint density at radius 3 is 2.77 bits per heavy atom. The number of rotatable bonds is 6. The molecule has 1 amide bonds. The zero-order valence-corrected chi connectivity index (χ0v) is 17.4. The number of benzene rings is 1. The number of nitrogens with zero attached hydrogens (tertiary/aromatic N) is 3. The normalized spacial score (nSPS) is 10.9. The van der Waals surface area contributed by atoms with Crippen molar-refractivity contribution in [3.63, 3.8) is 0 Å². The summed E-state index contributed by atoms with van der Waals surface area (Å²) in [7, 11) is 1.52. The van der Waals surface area contributed by atoms with Gasteiger partial charge in [-0.2, -0.15) is 0 Å². The Balaban J connectivity index is 1.50. The van der Waals surface area contributed by atoms with Gasteiger partial charge in [-0.05, 0) is 36.8 Å². The van der Waals surface area contributed by atoms with E-state index in [1.807, 2.05) is 24.3 Å². The van der Waals surface area contributed by atoms with Crippen molar-refractivity contribution in [2.45, 2.75) is 13.3 Å². The summed E-state index contributed by atoms with van der Waals surface area (Å²) in [6, 6.07) is 13.1. The zero-order valence-electron chi connectivity index (χ0n) is 16.6. The van der Waals surface area contributed by atoms with E-state index in [2.05, 4.69) is 15.3 Å². The molecule has 3 heterocycles. The predicted octanol–water partition coefficient (Wildman–Crippen LogP) is 3.13. The molecule has 0 saturated heterocycles. The highest BCUT2D eigenvalue weighted by atomic mass is 32.1. The second-order valence-electron chi connectivity index (χ2n) is 6.69. The van der Waals surface area contributed by atoms with Gasteiger partial charge in [0.05, 0.1) is 34.2 Å². The van der Waals surface area contributed by atoms with E-state index < -0.39 is 5.91 Å². The van der Waals surface area contributed by atoms with Crippen LogP contribution in [-0.2, 0) is 6.42 Å². The molecule has 0 unspecified atom stereocenters. The smallest absolute Gasteiger partial charge is 0.268 e. The summed E-state index contributed by atoms with van der Waals surface area (Å²) >= 11 is 1.61. The van der Waals surface area contributed by atoms with Crippen LogP contribution in [0.2, 0.25) is 0 Å². The fourth-order valence-electron chi connectivity index (χ4n) is 3.14. The summed E-state index contributed by atoms with van der Waals surface area (Å²) in [6.07, 6.45) is 3.77. The number of amides is 1. The van der Waals surface area contributed by atoms with Crippen molar-refractivity contribution in [2.75, 3.05) is 13.7 Å². The van der Waals surface area contributed by atoms with Gasteiger partial charge < -0.3 is 10.1 Å². The highest BCUT2D eigenvalue weighted by Gasteiger charge is 2.16. The SMILES string of the molecule is COc1ccc(-n2ccc(C)c(C(=O)NCCc3nc4ccccc4s3)c2=O)cn1. The summed E-state index contributed by atoms with van der Waals surface area (Å²) in [5.74, 6) is 0.0566. The molecule has 0 bridgehead atoms. The van der Waals surface area contributed by atoms with E-state index in [0.717, 1.165) is 15.2 Å². The minimum atomic E-state index is -0.394. The van der Waals surface area contributed by atoms with Gasteiger partial charge in [-0.15, -0.1) is 11.3 Å². The van der Waals surface area contributed by atoms with Crippen LogP contribution in [0.1, 0.15) is 20.9 Å². The highest BCUT2D eigenvalue weighted by Crippen LogP contribution is 2.21. The lowest BCUT2D eigenvalue weighted by Gasteiger charge is -2.11. The van der Waals surface area contributed by atoms with Crippen LogP contribution < -0.4 is 15.6 Å². The molecule has 8 heteroatoms. The minimum Gasteiger partial charge on any atom is -0.481 e. The Labute approximate surface area is 177 Å². The number of thiazole rings is 1. The van der Waals surface area contributed by atoms with Crippen molar-refractivity contribution in [2.24, 2.45) is 0 Å². The monoisotopic (exact) mass is 420 g/mol. The number of carbonyl (C=O) groups excluding carboxylic acids is 1. The van der Waals surface area contributed by atoms with Crippen molar-refractivity contribution < 1.29 is 9.53 Å². The number of ether oxygens (including phenoxy) is 1. The molecule has 0 aliphatic carbocycles. The molecule has 0 aliphatic heterocycles. The Morgan fingerprint density at radius 1 is 1.20 bits per heavy atom. The number of aromatic nitrogens is 3. The third kappa shape index (κ3) is 3.95. The summed E-state index contributed by atoms with van der Waals surface area (Å²) in [5.41, 5.74) is 1.87. The second kappa shape index (κ2) is 8.46. The maximum Gasteiger partial charge on any atom is 0.268 e. The molecule has 30 heavy (non-hydrogen) atoms. The van der Waals surface area contributed by atoms with Crippen molar-refractivity contribution in [1.82, 2.24) is 19.9 Å². The van der Waals surface area contributed by atoms with Gasteiger partial charge in [0.25, 0.3) is 11.5 Å². The van der Waals surface area contributed by atoms with Crippen LogP contribution in [0.15, 0.2) is 59.7 Å². The van der Waals surface area contributed by atoms with Crippen LogP contribution >= 0.6 is 11.3 Å². The Morgan fingerprint density at radius 2 is 2.03 bits per heavy atom.